The third-order valence-corrected chi connectivity index (χ3v) is 3.18. The summed E-state index contributed by atoms with van der Waals surface area (Å²) in [6.07, 6.45) is 0.547. The topological polar surface area (TPSA) is 55.8 Å². The summed E-state index contributed by atoms with van der Waals surface area (Å²) in [6, 6.07) is 3.22. The number of benzene rings is 1. The van der Waals surface area contributed by atoms with Gasteiger partial charge < -0.3 is 14.6 Å². The van der Waals surface area contributed by atoms with Gasteiger partial charge in [0.2, 0.25) is 0 Å². The number of fused-ring (bicyclic) bond motifs is 1. The molecule has 104 valence electrons. The first-order valence-corrected chi connectivity index (χ1v) is 6.22. The van der Waals surface area contributed by atoms with Gasteiger partial charge in [-0.15, -0.1) is 0 Å². The number of ether oxygens (including phenoxy) is 2. The quantitative estimate of drug-likeness (QED) is 0.915. The molecule has 0 aliphatic carbocycles. The van der Waals surface area contributed by atoms with E-state index in [1.807, 2.05) is 0 Å². The zero-order chi connectivity index (χ0) is 14.0. The van der Waals surface area contributed by atoms with Gasteiger partial charge in [-0.25, -0.2) is 4.39 Å². The largest absolute Gasteiger partial charge is 0.489 e. The van der Waals surface area contributed by atoms with Gasteiger partial charge in [0.15, 0.2) is 17.3 Å². The molecule has 1 aliphatic rings. The van der Waals surface area contributed by atoms with Gasteiger partial charge >= 0.3 is 5.97 Å². The van der Waals surface area contributed by atoms with E-state index in [0.29, 0.717) is 30.9 Å². The summed E-state index contributed by atoms with van der Waals surface area (Å²) in [6.45, 7) is 4.28. The molecule has 2 rings (SSSR count). The molecular weight excluding hydrogens is 251 g/mol. The van der Waals surface area contributed by atoms with Crippen LogP contribution in [0.1, 0.15) is 32.3 Å². The first kappa shape index (κ1) is 13.6. The predicted octanol–water partition coefficient (Wildman–Crippen LogP) is 2.74. The van der Waals surface area contributed by atoms with E-state index in [0.717, 1.165) is 0 Å². The van der Waals surface area contributed by atoms with Crippen LogP contribution in [-0.2, 0) is 10.2 Å². The number of rotatable bonds is 3. The molecule has 0 bridgehead atoms. The summed E-state index contributed by atoms with van der Waals surface area (Å²) in [5.41, 5.74) is -0.472. The molecule has 1 heterocycles. The Kier molecular flexibility index (Phi) is 3.64. The molecule has 0 saturated carbocycles. The minimum Gasteiger partial charge on any atom is -0.489 e. The predicted molar refractivity (Wildman–Crippen MR) is 67.3 cm³/mol. The fourth-order valence-corrected chi connectivity index (χ4v) is 2.20. The molecule has 5 heteroatoms. The van der Waals surface area contributed by atoms with Gasteiger partial charge in [-0.05, 0) is 11.6 Å². The lowest BCUT2D eigenvalue weighted by atomic mass is 9.81. The SMILES string of the molecule is CC(C)(CC(=O)O)c1ccc2c(c1F)OCCCO2. The summed E-state index contributed by atoms with van der Waals surface area (Å²) in [5, 5.41) is 8.91. The molecule has 0 aromatic heterocycles. The normalized spacial score (nSPS) is 14.9. The van der Waals surface area contributed by atoms with Crippen molar-refractivity contribution >= 4 is 5.97 Å². The highest BCUT2D eigenvalue weighted by molar-refractivity contribution is 5.69. The number of carboxylic acid groups (broad SMARTS) is 1. The fourth-order valence-electron chi connectivity index (χ4n) is 2.20. The second kappa shape index (κ2) is 5.07. The van der Waals surface area contributed by atoms with Crippen molar-refractivity contribution in [3.05, 3.63) is 23.5 Å². The summed E-state index contributed by atoms with van der Waals surface area (Å²) >= 11 is 0. The van der Waals surface area contributed by atoms with Gasteiger partial charge in [-0.2, -0.15) is 0 Å². The highest BCUT2D eigenvalue weighted by atomic mass is 19.1. The van der Waals surface area contributed by atoms with E-state index in [9.17, 15) is 9.18 Å². The minimum absolute atomic E-state index is 0.0912. The van der Waals surface area contributed by atoms with E-state index < -0.39 is 17.2 Å². The van der Waals surface area contributed by atoms with Crippen LogP contribution in [0.25, 0.3) is 0 Å². The first-order valence-electron chi connectivity index (χ1n) is 6.22. The number of hydrogen-bond donors (Lipinski definition) is 1. The lowest BCUT2D eigenvalue weighted by molar-refractivity contribution is -0.138. The molecule has 0 saturated heterocycles. The Bertz CT molecular complexity index is 496. The monoisotopic (exact) mass is 268 g/mol. The number of halogens is 1. The Hall–Kier alpha value is -1.78. The van der Waals surface area contributed by atoms with Gasteiger partial charge in [-0.3, -0.25) is 4.79 Å². The molecule has 0 atom stereocenters. The summed E-state index contributed by atoms with van der Waals surface area (Å²) < 4.78 is 25.3. The Morgan fingerprint density at radius 1 is 1.37 bits per heavy atom. The maximum Gasteiger partial charge on any atom is 0.304 e. The van der Waals surface area contributed by atoms with Crippen LogP contribution >= 0.6 is 0 Å². The molecule has 0 amide bonds. The van der Waals surface area contributed by atoms with Crippen molar-refractivity contribution < 1.29 is 23.8 Å². The minimum atomic E-state index is -0.962. The van der Waals surface area contributed by atoms with Crippen molar-refractivity contribution in [3.8, 4) is 11.5 Å². The van der Waals surface area contributed by atoms with Crippen LogP contribution < -0.4 is 9.47 Å². The van der Waals surface area contributed by atoms with E-state index in [-0.39, 0.29) is 12.2 Å². The summed E-state index contributed by atoms with van der Waals surface area (Å²) in [4.78, 5) is 10.9. The number of carbonyl (C=O) groups is 1. The van der Waals surface area contributed by atoms with Gasteiger partial charge in [0.05, 0.1) is 19.6 Å². The van der Waals surface area contributed by atoms with Gasteiger partial charge in [0.1, 0.15) is 0 Å². The lowest BCUT2D eigenvalue weighted by Gasteiger charge is -2.25. The molecule has 1 N–H and O–H groups in total. The summed E-state index contributed by atoms with van der Waals surface area (Å²) in [7, 11) is 0. The Morgan fingerprint density at radius 2 is 2.05 bits per heavy atom. The van der Waals surface area contributed by atoms with E-state index in [2.05, 4.69) is 0 Å². The molecule has 1 aromatic carbocycles. The average Bonchev–Trinajstić information content (AvgIpc) is 2.52. The molecular formula is C14H17FO4. The van der Waals surface area contributed by atoms with Gasteiger partial charge in [0.25, 0.3) is 0 Å². The van der Waals surface area contributed by atoms with Crippen LogP contribution in [-0.4, -0.2) is 24.3 Å². The lowest BCUT2D eigenvalue weighted by Crippen LogP contribution is -2.23. The van der Waals surface area contributed by atoms with Crippen molar-refractivity contribution in [2.75, 3.05) is 13.2 Å². The van der Waals surface area contributed by atoms with Gasteiger partial charge in [-0.1, -0.05) is 19.9 Å². The van der Waals surface area contributed by atoms with Crippen molar-refractivity contribution in [3.63, 3.8) is 0 Å². The summed E-state index contributed by atoms with van der Waals surface area (Å²) in [5.74, 6) is -1.01. The fraction of sp³-hybridized carbons (Fsp3) is 0.500. The molecule has 0 spiro atoms. The van der Waals surface area contributed by atoms with E-state index >= 15 is 0 Å². The smallest absolute Gasteiger partial charge is 0.304 e. The molecule has 0 fully saturated rings. The molecule has 0 radical (unpaired) electrons. The zero-order valence-corrected chi connectivity index (χ0v) is 11.0. The van der Waals surface area contributed by atoms with Crippen LogP contribution in [0, 0.1) is 5.82 Å². The van der Waals surface area contributed by atoms with Crippen LogP contribution in [0.15, 0.2) is 12.1 Å². The highest BCUT2D eigenvalue weighted by Crippen LogP contribution is 2.39. The molecule has 1 aromatic rings. The third-order valence-electron chi connectivity index (χ3n) is 3.18. The maximum absolute atomic E-state index is 14.5. The van der Waals surface area contributed by atoms with Crippen LogP contribution in [0.2, 0.25) is 0 Å². The number of aliphatic carboxylic acids is 1. The van der Waals surface area contributed by atoms with Crippen molar-refractivity contribution in [1.29, 1.82) is 0 Å². The van der Waals surface area contributed by atoms with E-state index in [1.54, 1.807) is 26.0 Å². The average molecular weight is 268 g/mol. The van der Waals surface area contributed by atoms with Crippen molar-refractivity contribution in [2.24, 2.45) is 0 Å². The number of carboxylic acids is 1. The zero-order valence-electron chi connectivity index (χ0n) is 11.0. The second-order valence-corrected chi connectivity index (χ2v) is 5.26. The van der Waals surface area contributed by atoms with Crippen LogP contribution in [0.3, 0.4) is 0 Å². The third kappa shape index (κ3) is 2.80. The van der Waals surface area contributed by atoms with Crippen molar-refractivity contribution in [2.45, 2.75) is 32.1 Å². The van der Waals surface area contributed by atoms with E-state index in [4.69, 9.17) is 14.6 Å². The first-order chi connectivity index (χ1) is 8.92. The maximum atomic E-state index is 14.5. The highest BCUT2D eigenvalue weighted by Gasteiger charge is 2.30. The van der Waals surface area contributed by atoms with Crippen LogP contribution in [0.4, 0.5) is 4.39 Å². The molecule has 19 heavy (non-hydrogen) atoms. The van der Waals surface area contributed by atoms with Crippen LogP contribution in [0.5, 0.6) is 11.5 Å². The Balaban J connectivity index is 2.43. The standard InChI is InChI=1S/C14H17FO4/c1-14(2,8-11(16)17)9-4-5-10-13(12(9)15)19-7-3-6-18-10/h4-5H,3,6-8H2,1-2H3,(H,16,17). The molecule has 4 nitrogen and oxygen atoms in total. The van der Waals surface area contributed by atoms with E-state index in [1.165, 1.54) is 0 Å². The van der Waals surface area contributed by atoms with Crippen molar-refractivity contribution in [1.82, 2.24) is 0 Å². The number of hydrogen-bond acceptors (Lipinski definition) is 3. The Morgan fingerprint density at radius 3 is 2.74 bits per heavy atom. The van der Waals surface area contributed by atoms with Gasteiger partial charge in [0, 0.05) is 11.8 Å². The Labute approximate surface area is 111 Å². The molecule has 1 aliphatic heterocycles. The molecule has 0 unspecified atom stereocenters. The second-order valence-electron chi connectivity index (χ2n) is 5.26.